The van der Waals surface area contributed by atoms with E-state index in [9.17, 15) is 4.79 Å². The Hall–Kier alpha value is -1.82. The maximum atomic E-state index is 12.5. The molecule has 0 N–H and O–H groups in total. The summed E-state index contributed by atoms with van der Waals surface area (Å²) < 4.78 is 5.69. The first-order chi connectivity index (χ1) is 12.2. The van der Waals surface area contributed by atoms with Gasteiger partial charge in [0.1, 0.15) is 6.10 Å². The van der Waals surface area contributed by atoms with Crippen LogP contribution in [0.25, 0.3) is 0 Å². The summed E-state index contributed by atoms with van der Waals surface area (Å²) in [4.78, 5) is 12.5. The minimum Gasteiger partial charge on any atom is -0.459 e. The lowest BCUT2D eigenvalue weighted by Crippen LogP contribution is -2.24. The maximum absolute atomic E-state index is 12.5. The molecular weight excluding hydrogens is 310 g/mol. The van der Waals surface area contributed by atoms with E-state index >= 15 is 0 Å². The summed E-state index contributed by atoms with van der Waals surface area (Å²) in [5.41, 5.74) is 3.43. The second-order valence-electron chi connectivity index (χ2n) is 7.74. The van der Waals surface area contributed by atoms with Crippen LogP contribution in [0.4, 0.5) is 0 Å². The average Bonchev–Trinajstić information content (AvgIpc) is 2.66. The lowest BCUT2D eigenvalue weighted by molar-refractivity contribution is 0.0187. The molecule has 0 aliphatic heterocycles. The van der Waals surface area contributed by atoms with Crippen LogP contribution in [-0.4, -0.2) is 12.1 Å². The fourth-order valence-electron chi connectivity index (χ4n) is 4.23. The Morgan fingerprint density at radius 3 is 2.72 bits per heavy atom. The smallest absolute Gasteiger partial charge is 0.338 e. The zero-order chi connectivity index (χ0) is 17.6. The number of aryl methyl sites for hydroxylation is 1. The van der Waals surface area contributed by atoms with Crippen molar-refractivity contribution < 1.29 is 9.53 Å². The van der Waals surface area contributed by atoms with Crippen molar-refractivity contribution in [2.24, 2.45) is 11.8 Å². The monoisotopic (exact) mass is 339 g/mol. The van der Waals surface area contributed by atoms with Crippen molar-refractivity contribution in [3.8, 4) is 6.07 Å². The van der Waals surface area contributed by atoms with Crippen molar-refractivity contribution in [1.82, 2.24) is 0 Å². The molecule has 2 aliphatic rings. The maximum Gasteiger partial charge on any atom is 0.338 e. The van der Waals surface area contributed by atoms with E-state index in [2.05, 4.69) is 25.1 Å². The van der Waals surface area contributed by atoms with Crippen molar-refractivity contribution in [3.05, 3.63) is 34.9 Å². The highest BCUT2D eigenvalue weighted by Gasteiger charge is 2.25. The van der Waals surface area contributed by atoms with Gasteiger partial charge in [-0.2, -0.15) is 5.26 Å². The molecule has 1 saturated carbocycles. The van der Waals surface area contributed by atoms with Gasteiger partial charge < -0.3 is 4.74 Å². The number of hydrogen-bond acceptors (Lipinski definition) is 3. The third-order valence-corrected chi connectivity index (χ3v) is 5.87. The van der Waals surface area contributed by atoms with Crippen LogP contribution in [0.15, 0.2) is 18.2 Å². The minimum absolute atomic E-state index is 0.0217. The van der Waals surface area contributed by atoms with Crippen LogP contribution in [-0.2, 0) is 17.6 Å². The number of fused-ring (bicyclic) bond motifs is 1. The number of carbonyl (C=O) groups excluding carboxylic acids is 1. The molecule has 0 aromatic heterocycles. The molecule has 0 saturated heterocycles. The number of rotatable bonds is 5. The number of esters is 1. The SMILES string of the molecule is CCCCC1CCc2cc(C(=O)OC3CCC(C#N)CC3)ccc2C1. The normalized spacial score (nSPS) is 25.7. The van der Waals surface area contributed by atoms with Gasteiger partial charge in [-0.1, -0.05) is 32.3 Å². The number of ether oxygens (including phenoxy) is 1. The molecule has 134 valence electrons. The molecule has 3 nitrogen and oxygen atoms in total. The molecule has 0 bridgehead atoms. The topological polar surface area (TPSA) is 50.1 Å². The van der Waals surface area contributed by atoms with Gasteiger partial charge in [-0.15, -0.1) is 0 Å². The Morgan fingerprint density at radius 2 is 2.00 bits per heavy atom. The third kappa shape index (κ3) is 4.63. The molecule has 2 aliphatic carbocycles. The first-order valence-corrected chi connectivity index (χ1v) is 9.92. The molecule has 3 rings (SSSR count). The molecule has 1 fully saturated rings. The van der Waals surface area contributed by atoms with E-state index in [-0.39, 0.29) is 18.0 Å². The van der Waals surface area contributed by atoms with E-state index in [1.54, 1.807) is 0 Å². The van der Waals surface area contributed by atoms with Gasteiger partial charge in [0.2, 0.25) is 0 Å². The van der Waals surface area contributed by atoms with E-state index in [0.29, 0.717) is 5.56 Å². The van der Waals surface area contributed by atoms with Gasteiger partial charge in [0.25, 0.3) is 0 Å². The van der Waals surface area contributed by atoms with Crippen LogP contribution in [0, 0.1) is 23.2 Å². The fraction of sp³-hybridized carbons (Fsp3) is 0.636. The minimum atomic E-state index is -0.198. The van der Waals surface area contributed by atoms with Crippen molar-refractivity contribution in [2.75, 3.05) is 0 Å². The Bertz CT molecular complexity index is 638. The van der Waals surface area contributed by atoms with E-state index in [1.165, 1.54) is 36.8 Å². The molecule has 0 spiro atoms. The van der Waals surface area contributed by atoms with Gasteiger partial charge in [-0.25, -0.2) is 4.79 Å². The molecule has 1 aromatic carbocycles. The summed E-state index contributed by atoms with van der Waals surface area (Å²) in [5.74, 6) is 0.747. The predicted octanol–water partition coefficient (Wildman–Crippen LogP) is 5.22. The number of carbonyl (C=O) groups is 1. The molecule has 1 unspecified atom stereocenters. The Morgan fingerprint density at radius 1 is 1.20 bits per heavy atom. The first kappa shape index (κ1) is 18.0. The molecule has 1 atom stereocenters. The van der Waals surface area contributed by atoms with Crippen molar-refractivity contribution in [3.63, 3.8) is 0 Å². The van der Waals surface area contributed by atoms with Gasteiger partial charge in [-0.05, 0) is 74.1 Å². The highest BCUT2D eigenvalue weighted by Crippen LogP contribution is 2.30. The van der Waals surface area contributed by atoms with Crippen LogP contribution in [0.5, 0.6) is 0 Å². The van der Waals surface area contributed by atoms with Gasteiger partial charge in [0.05, 0.1) is 11.6 Å². The van der Waals surface area contributed by atoms with Gasteiger partial charge in [-0.3, -0.25) is 0 Å². The molecule has 0 amide bonds. The molecule has 25 heavy (non-hydrogen) atoms. The summed E-state index contributed by atoms with van der Waals surface area (Å²) in [7, 11) is 0. The molecule has 0 heterocycles. The number of nitrogens with zero attached hydrogens (tertiary/aromatic N) is 1. The zero-order valence-electron chi connectivity index (χ0n) is 15.3. The number of benzene rings is 1. The van der Waals surface area contributed by atoms with Gasteiger partial charge >= 0.3 is 5.97 Å². The van der Waals surface area contributed by atoms with Gasteiger partial charge in [0, 0.05) is 5.92 Å². The van der Waals surface area contributed by atoms with Crippen LogP contribution in [0.3, 0.4) is 0 Å². The van der Waals surface area contributed by atoms with Crippen LogP contribution in [0.2, 0.25) is 0 Å². The van der Waals surface area contributed by atoms with E-state index < -0.39 is 0 Å². The molecular formula is C22H29NO2. The molecule has 1 aromatic rings. The summed E-state index contributed by atoms with van der Waals surface area (Å²) >= 11 is 0. The summed E-state index contributed by atoms with van der Waals surface area (Å²) in [6.45, 7) is 2.25. The Balaban J connectivity index is 1.57. The van der Waals surface area contributed by atoms with Crippen molar-refractivity contribution in [2.45, 2.75) is 77.2 Å². The highest BCUT2D eigenvalue weighted by atomic mass is 16.5. The lowest BCUT2D eigenvalue weighted by Gasteiger charge is -2.26. The Labute approximate surface area is 151 Å². The van der Waals surface area contributed by atoms with E-state index in [0.717, 1.165) is 44.4 Å². The highest BCUT2D eigenvalue weighted by molar-refractivity contribution is 5.89. The van der Waals surface area contributed by atoms with E-state index in [1.807, 2.05) is 6.07 Å². The fourth-order valence-corrected chi connectivity index (χ4v) is 4.23. The summed E-state index contributed by atoms with van der Waals surface area (Å²) in [6.07, 6.45) is 10.7. The number of nitriles is 1. The standard InChI is InChI=1S/C22H29NO2/c1-2-3-4-16-5-8-19-14-20(10-9-18(19)13-16)22(24)25-21-11-6-17(15-23)7-12-21/h9-10,14,16-17,21H,2-8,11-13H2,1H3. The quantitative estimate of drug-likeness (QED) is 0.691. The summed E-state index contributed by atoms with van der Waals surface area (Å²) in [6, 6.07) is 8.44. The zero-order valence-corrected chi connectivity index (χ0v) is 15.3. The van der Waals surface area contributed by atoms with Crippen LogP contribution < -0.4 is 0 Å². The first-order valence-electron chi connectivity index (χ1n) is 9.92. The number of hydrogen-bond donors (Lipinski definition) is 0. The second-order valence-corrected chi connectivity index (χ2v) is 7.74. The Kier molecular flexibility index (Phi) is 6.13. The van der Waals surface area contributed by atoms with Crippen LogP contribution in [0.1, 0.15) is 79.8 Å². The largest absolute Gasteiger partial charge is 0.459 e. The van der Waals surface area contributed by atoms with Gasteiger partial charge in [0.15, 0.2) is 0 Å². The molecule has 3 heteroatoms. The second kappa shape index (κ2) is 8.52. The third-order valence-electron chi connectivity index (χ3n) is 5.87. The predicted molar refractivity (Wildman–Crippen MR) is 98.3 cm³/mol. The number of unbranched alkanes of at least 4 members (excludes halogenated alkanes) is 1. The summed E-state index contributed by atoms with van der Waals surface area (Å²) in [5, 5.41) is 8.96. The lowest BCUT2D eigenvalue weighted by atomic mass is 9.81. The van der Waals surface area contributed by atoms with Crippen molar-refractivity contribution >= 4 is 5.97 Å². The molecule has 0 radical (unpaired) electrons. The van der Waals surface area contributed by atoms with Crippen LogP contribution >= 0.6 is 0 Å². The average molecular weight is 339 g/mol. The van der Waals surface area contributed by atoms with Crippen molar-refractivity contribution in [1.29, 1.82) is 5.26 Å². The van der Waals surface area contributed by atoms with E-state index in [4.69, 9.17) is 10.00 Å².